The molecule has 148 valence electrons. The van der Waals surface area contributed by atoms with Crippen LogP contribution < -0.4 is 0 Å². The summed E-state index contributed by atoms with van der Waals surface area (Å²) in [7, 11) is 0. The predicted molar refractivity (Wildman–Crippen MR) is 100 cm³/mol. The molecule has 1 aliphatic rings. The number of nitrogens with zero attached hydrogens (tertiary/aromatic N) is 2. The molecule has 1 atom stereocenters. The Morgan fingerprint density at radius 3 is 2.62 bits per heavy atom. The maximum atomic E-state index is 13.7. The molecule has 0 saturated heterocycles. The molecule has 0 N–H and O–H groups in total. The number of esters is 1. The van der Waals surface area contributed by atoms with Crippen molar-refractivity contribution in [1.82, 2.24) is 5.01 Å². The molecular weight excluding hydrogens is 402 g/mol. The molecule has 0 aliphatic carbocycles. The maximum absolute atomic E-state index is 13.7. The lowest BCUT2D eigenvalue weighted by Crippen LogP contribution is -2.31. The Bertz CT molecular complexity index is 1040. The molecule has 1 unspecified atom stereocenters. The van der Waals surface area contributed by atoms with Gasteiger partial charge in [0.25, 0.3) is 5.91 Å². The average molecular weight is 416 g/mol. The Hall–Kier alpha value is -3.33. The summed E-state index contributed by atoms with van der Waals surface area (Å²) in [5, 5.41) is 7.44. The molecule has 9 heteroatoms. The average Bonchev–Trinajstić information content (AvgIpc) is 3.46. The van der Waals surface area contributed by atoms with Crippen LogP contribution in [0.25, 0.3) is 0 Å². The summed E-state index contributed by atoms with van der Waals surface area (Å²) in [6.45, 7) is -0.717. The van der Waals surface area contributed by atoms with Crippen molar-refractivity contribution in [1.29, 1.82) is 0 Å². The lowest BCUT2D eigenvalue weighted by molar-refractivity contribution is -0.136. The standard InChI is InChI=1S/C20H14F2N2O4S/c21-12-4-1-5-13(22)19(12)20(26)28-11-18(25)24-15(16-6-2-8-27-16)10-14(23-24)17-7-3-9-29-17/h1-9,15H,10-11H2. The zero-order chi connectivity index (χ0) is 20.4. The normalized spacial score (nSPS) is 16.0. The van der Waals surface area contributed by atoms with Gasteiger partial charge in [-0.25, -0.2) is 18.6 Å². The van der Waals surface area contributed by atoms with Crippen LogP contribution in [-0.2, 0) is 9.53 Å². The van der Waals surface area contributed by atoms with Crippen LogP contribution in [0.1, 0.15) is 33.5 Å². The van der Waals surface area contributed by atoms with Gasteiger partial charge in [0.05, 0.1) is 16.9 Å². The van der Waals surface area contributed by atoms with Crippen LogP contribution in [0, 0.1) is 11.6 Å². The van der Waals surface area contributed by atoms with E-state index in [1.807, 2.05) is 17.5 Å². The van der Waals surface area contributed by atoms with E-state index in [2.05, 4.69) is 5.10 Å². The van der Waals surface area contributed by atoms with Crippen molar-refractivity contribution in [2.45, 2.75) is 12.5 Å². The highest BCUT2D eigenvalue weighted by molar-refractivity contribution is 7.12. The number of furan rings is 1. The van der Waals surface area contributed by atoms with E-state index in [1.165, 1.54) is 22.6 Å². The molecule has 6 nitrogen and oxygen atoms in total. The Kier molecular flexibility index (Phi) is 5.22. The Balaban J connectivity index is 1.51. The maximum Gasteiger partial charge on any atom is 0.344 e. The van der Waals surface area contributed by atoms with Crippen LogP contribution in [-0.4, -0.2) is 29.2 Å². The number of carbonyl (C=O) groups is 2. The molecule has 0 fully saturated rings. The van der Waals surface area contributed by atoms with Crippen molar-refractivity contribution in [3.05, 3.63) is 81.9 Å². The van der Waals surface area contributed by atoms with Crippen molar-refractivity contribution >= 4 is 28.9 Å². The summed E-state index contributed by atoms with van der Waals surface area (Å²) in [4.78, 5) is 25.6. The van der Waals surface area contributed by atoms with E-state index in [1.54, 1.807) is 12.1 Å². The lowest BCUT2D eigenvalue weighted by Gasteiger charge is -2.19. The van der Waals surface area contributed by atoms with Gasteiger partial charge in [-0.1, -0.05) is 12.1 Å². The minimum atomic E-state index is -1.26. The van der Waals surface area contributed by atoms with E-state index in [4.69, 9.17) is 9.15 Å². The highest BCUT2D eigenvalue weighted by Gasteiger charge is 2.35. The molecule has 1 amide bonds. The molecule has 0 bridgehead atoms. The van der Waals surface area contributed by atoms with Gasteiger partial charge < -0.3 is 9.15 Å². The first kappa shape index (κ1) is 19.0. The molecule has 0 spiro atoms. The van der Waals surface area contributed by atoms with Gasteiger partial charge in [-0.05, 0) is 35.7 Å². The minimum Gasteiger partial charge on any atom is -0.467 e. The zero-order valence-corrected chi connectivity index (χ0v) is 15.7. The lowest BCUT2D eigenvalue weighted by atomic mass is 10.1. The fraction of sp³-hybridized carbons (Fsp3) is 0.150. The topological polar surface area (TPSA) is 72.1 Å². The largest absolute Gasteiger partial charge is 0.467 e. The number of ether oxygens (including phenoxy) is 1. The summed E-state index contributed by atoms with van der Waals surface area (Å²) < 4.78 is 37.7. The molecule has 1 aromatic carbocycles. The molecule has 0 radical (unpaired) electrons. The third kappa shape index (κ3) is 3.81. The molecule has 1 aliphatic heterocycles. The van der Waals surface area contributed by atoms with Crippen LogP contribution in [0.5, 0.6) is 0 Å². The third-order valence-electron chi connectivity index (χ3n) is 4.34. The molecule has 3 aromatic rings. The van der Waals surface area contributed by atoms with Crippen LogP contribution in [0.15, 0.2) is 63.6 Å². The Morgan fingerprint density at radius 1 is 1.17 bits per heavy atom. The van der Waals surface area contributed by atoms with Gasteiger partial charge in [-0.3, -0.25) is 4.79 Å². The van der Waals surface area contributed by atoms with Crippen LogP contribution in [0.2, 0.25) is 0 Å². The van der Waals surface area contributed by atoms with Crippen molar-refractivity contribution in [3.8, 4) is 0 Å². The highest BCUT2D eigenvalue weighted by atomic mass is 32.1. The highest BCUT2D eigenvalue weighted by Crippen LogP contribution is 2.34. The predicted octanol–water partition coefficient (Wildman–Crippen LogP) is 4.15. The summed E-state index contributed by atoms with van der Waals surface area (Å²) in [6, 6.07) is 9.68. The monoisotopic (exact) mass is 416 g/mol. The van der Waals surface area contributed by atoms with E-state index < -0.39 is 41.7 Å². The number of thiophene rings is 1. The van der Waals surface area contributed by atoms with Crippen LogP contribution >= 0.6 is 11.3 Å². The van der Waals surface area contributed by atoms with E-state index in [0.29, 0.717) is 17.9 Å². The van der Waals surface area contributed by atoms with E-state index in [0.717, 1.165) is 23.1 Å². The first-order valence-electron chi connectivity index (χ1n) is 8.62. The van der Waals surface area contributed by atoms with Gasteiger partial charge in [-0.2, -0.15) is 5.10 Å². The third-order valence-corrected chi connectivity index (χ3v) is 5.26. The smallest absolute Gasteiger partial charge is 0.344 e. The number of halogens is 2. The van der Waals surface area contributed by atoms with Crippen molar-refractivity contribution in [2.75, 3.05) is 6.61 Å². The van der Waals surface area contributed by atoms with Gasteiger partial charge in [-0.15, -0.1) is 11.3 Å². The van der Waals surface area contributed by atoms with Gasteiger partial charge in [0.15, 0.2) is 6.61 Å². The van der Waals surface area contributed by atoms with Gasteiger partial charge in [0, 0.05) is 6.42 Å². The number of rotatable bonds is 5. The number of benzene rings is 1. The quantitative estimate of drug-likeness (QED) is 0.586. The second-order valence-electron chi connectivity index (χ2n) is 6.17. The second-order valence-corrected chi connectivity index (χ2v) is 7.12. The van der Waals surface area contributed by atoms with Gasteiger partial charge >= 0.3 is 5.97 Å². The fourth-order valence-corrected chi connectivity index (χ4v) is 3.71. The summed E-state index contributed by atoms with van der Waals surface area (Å²) in [6.07, 6.45) is 1.91. The first-order chi connectivity index (χ1) is 14.0. The van der Waals surface area contributed by atoms with Gasteiger partial charge in [0.2, 0.25) is 0 Å². The number of hydrogen-bond acceptors (Lipinski definition) is 6. The van der Waals surface area contributed by atoms with E-state index in [-0.39, 0.29) is 0 Å². The second kappa shape index (κ2) is 7.96. The SMILES string of the molecule is O=C(OCC(=O)N1N=C(c2cccs2)CC1c1ccco1)c1c(F)cccc1F. The number of hydrazone groups is 1. The molecule has 29 heavy (non-hydrogen) atoms. The first-order valence-corrected chi connectivity index (χ1v) is 9.50. The van der Waals surface area contributed by atoms with Crippen molar-refractivity contribution < 1.29 is 27.5 Å². The molecule has 3 heterocycles. The van der Waals surface area contributed by atoms with Gasteiger partial charge in [0.1, 0.15) is 29.0 Å². The molecule has 4 rings (SSSR count). The zero-order valence-electron chi connectivity index (χ0n) is 14.9. The molecule has 0 saturated carbocycles. The summed E-state index contributed by atoms with van der Waals surface area (Å²) in [5.41, 5.74) is -0.145. The Morgan fingerprint density at radius 2 is 1.97 bits per heavy atom. The van der Waals surface area contributed by atoms with Crippen molar-refractivity contribution in [2.24, 2.45) is 5.10 Å². The Labute approximate surface area is 168 Å². The van der Waals surface area contributed by atoms with Crippen LogP contribution in [0.4, 0.5) is 8.78 Å². The number of hydrogen-bond donors (Lipinski definition) is 0. The summed E-state index contributed by atoms with van der Waals surface area (Å²) in [5.74, 6) is -3.49. The van der Waals surface area contributed by atoms with E-state index >= 15 is 0 Å². The number of carbonyl (C=O) groups excluding carboxylic acids is 2. The van der Waals surface area contributed by atoms with E-state index in [9.17, 15) is 18.4 Å². The molecular formula is C20H14F2N2O4S. The molecule has 2 aromatic heterocycles. The van der Waals surface area contributed by atoms with Crippen molar-refractivity contribution in [3.63, 3.8) is 0 Å². The summed E-state index contributed by atoms with van der Waals surface area (Å²) >= 11 is 1.48. The fourth-order valence-electron chi connectivity index (χ4n) is 2.99. The van der Waals surface area contributed by atoms with Crippen LogP contribution in [0.3, 0.4) is 0 Å². The number of amides is 1. The minimum absolute atomic E-state index is 0.426.